The number of hydrogen-bond donors (Lipinski definition) is 2. The normalized spacial score (nSPS) is 10.6. The topological polar surface area (TPSA) is 79.6 Å². The van der Waals surface area contributed by atoms with E-state index in [1.165, 1.54) is 6.39 Å². The van der Waals surface area contributed by atoms with E-state index in [0.29, 0.717) is 0 Å². The molecule has 0 bridgehead atoms. The minimum atomic E-state index is 0.724. The standard InChI is InChI=1S/C8H11N5O/c1-4-11-12-7(1)5-9-3-2-8-10-6-14-13-8/h1,4,6,9H,2-3,5H2,(H,11,12). The Balaban J connectivity index is 1.65. The zero-order valence-corrected chi connectivity index (χ0v) is 7.60. The zero-order valence-electron chi connectivity index (χ0n) is 7.60. The minimum Gasteiger partial charge on any atom is -0.343 e. The fourth-order valence-corrected chi connectivity index (χ4v) is 1.11. The molecule has 0 aromatic carbocycles. The molecule has 14 heavy (non-hydrogen) atoms. The quantitative estimate of drug-likeness (QED) is 0.659. The summed E-state index contributed by atoms with van der Waals surface area (Å²) >= 11 is 0. The molecule has 2 rings (SSSR count). The van der Waals surface area contributed by atoms with Crippen molar-refractivity contribution in [3.8, 4) is 0 Å². The van der Waals surface area contributed by atoms with Crippen LogP contribution >= 0.6 is 0 Å². The summed E-state index contributed by atoms with van der Waals surface area (Å²) in [5.41, 5.74) is 1.07. The van der Waals surface area contributed by atoms with Gasteiger partial charge in [-0.2, -0.15) is 10.1 Å². The van der Waals surface area contributed by atoms with Crippen molar-refractivity contribution >= 4 is 0 Å². The first kappa shape index (κ1) is 8.89. The molecule has 0 fully saturated rings. The van der Waals surface area contributed by atoms with Crippen LogP contribution in [0.1, 0.15) is 11.5 Å². The summed E-state index contributed by atoms with van der Waals surface area (Å²) in [5, 5.41) is 13.7. The maximum atomic E-state index is 4.61. The van der Waals surface area contributed by atoms with Crippen LogP contribution in [-0.2, 0) is 13.0 Å². The summed E-state index contributed by atoms with van der Waals surface area (Å²) in [6.45, 7) is 1.59. The van der Waals surface area contributed by atoms with E-state index in [2.05, 4.69) is 30.2 Å². The zero-order chi connectivity index (χ0) is 9.64. The van der Waals surface area contributed by atoms with Gasteiger partial charge in [0.15, 0.2) is 5.82 Å². The summed E-state index contributed by atoms with van der Waals surface area (Å²) in [6, 6.07) is 1.93. The van der Waals surface area contributed by atoms with Crippen molar-refractivity contribution in [1.82, 2.24) is 25.7 Å². The highest BCUT2D eigenvalue weighted by Gasteiger charge is 1.97. The van der Waals surface area contributed by atoms with Crippen molar-refractivity contribution in [2.24, 2.45) is 0 Å². The van der Waals surface area contributed by atoms with Gasteiger partial charge >= 0.3 is 0 Å². The van der Waals surface area contributed by atoms with Crippen molar-refractivity contribution in [3.63, 3.8) is 0 Å². The molecule has 0 amide bonds. The van der Waals surface area contributed by atoms with Crippen LogP contribution in [0.15, 0.2) is 23.2 Å². The van der Waals surface area contributed by atoms with Crippen molar-refractivity contribution < 1.29 is 4.52 Å². The van der Waals surface area contributed by atoms with Gasteiger partial charge in [-0.3, -0.25) is 5.10 Å². The molecule has 2 N–H and O–H groups in total. The molecule has 6 nitrogen and oxygen atoms in total. The molecular formula is C8H11N5O. The average molecular weight is 193 g/mol. The van der Waals surface area contributed by atoms with Crippen LogP contribution in [0.4, 0.5) is 0 Å². The van der Waals surface area contributed by atoms with E-state index in [1.807, 2.05) is 6.07 Å². The molecule has 0 aliphatic heterocycles. The van der Waals surface area contributed by atoms with E-state index in [-0.39, 0.29) is 0 Å². The first-order chi connectivity index (χ1) is 6.95. The van der Waals surface area contributed by atoms with Crippen LogP contribution in [-0.4, -0.2) is 26.9 Å². The lowest BCUT2D eigenvalue weighted by Crippen LogP contribution is -2.17. The second-order valence-corrected chi connectivity index (χ2v) is 2.86. The Hall–Kier alpha value is -1.69. The number of rotatable bonds is 5. The lowest BCUT2D eigenvalue weighted by atomic mass is 10.4. The highest BCUT2D eigenvalue weighted by molar-refractivity contribution is 4.96. The van der Waals surface area contributed by atoms with Gasteiger partial charge in [-0.05, 0) is 6.07 Å². The van der Waals surface area contributed by atoms with Crippen LogP contribution in [0.5, 0.6) is 0 Å². The minimum absolute atomic E-state index is 0.724. The molecule has 0 aliphatic carbocycles. The predicted molar refractivity (Wildman–Crippen MR) is 48.3 cm³/mol. The monoisotopic (exact) mass is 193 g/mol. The SMILES string of the molecule is c1cc(CNCCc2ncon2)[nH]n1. The molecule has 0 saturated carbocycles. The number of hydrogen-bond acceptors (Lipinski definition) is 5. The summed E-state index contributed by atoms with van der Waals surface area (Å²) in [6.07, 6.45) is 3.84. The van der Waals surface area contributed by atoms with Crippen molar-refractivity contribution in [1.29, 1.82) is 0 Å². The van der Waals surface area contributed by atoms with Gasteiger partial charge in [0.05, 0.1) is 0 Å². The van der Waals surface area contributed by atoms with E-state index < -0.39 is 0 Å². The van der Waals surface area contributed by atoms with E-state index in [4.69, 9.17) is 0 Å². The molecule has 0 radical (unpaired) electrons. The summed E-state index contributed by atoms with van der Waals surface area (Å²) < 4.78 is 4.61. The van der Waals surface area contributed by atoms with Gasteiger partial charge in [-0.15, -0.1) is 0 Å². The van der Waals surface area contributed by atoms with E-state index in [1.54, 1.807) is 6.20 Å². The number of aromatic nitrogens is 4. The molecule has 74 valence electrons. The van der Waals surface area contributed by atoms with Crippen LogP contribution in [0, 0.1) is 0 Å². The molecule has 0 saturated heterocycles. The Labute approximate surface area is 80.7 Å². The molecular weight excluding hydrogens is 182 g/mol. The predicted octanol–water partition coefficient (Wildman–Crippen LogP) is 0.125. The average Bonchev–Trinajstić information content (AvgIpc) is 2.86. The van der Waals surface area contributed by atoms with Gasteiger partial charge in [-0.1, -0.05) is 5.16 Å². The molecule has 2 aromatic heterocycles. The third-order valence-electron chi connectivity index (χ3n) is 1.81. The number of H-pyrrole nitrogens is 1. The number of aromatic amines is 1. The highest BCUT2D eigenvalue weighted by atomic mass is 16.5. The molecule has 0 spiro atoms. The Bertz CT molecular complexity index is 305. The van der Waals surface area contributed by atoms with Crippen molar-refractivity contribution in [2.45, 2.75) is 13.0 Å². The molecule has 6 heteroatoms. The summed E-state index contributed by atoms with van der Waals surface area (Å²) in [7, 11) is 0. The van der Waals surface area contributed by atoms with E-state index in [0.717, 1.165) is 31.0 Å². The fraction of sp³-hybridized carbons (Fsp3) is 0.375. The first-order valence-electron chi connectivity index (χ1n) is 4.39. The van der Waals surface area contributed by atoms with Gasteiger partial charge in [-0.25, -0.2) is 0 Å². The van der Waals surface area contributed by atoms with Crippen molar-refractivity contribution in [2.75, 3.05) is 6.54 Å². The number of nitrogens with zero attached hydrogens (tertiary/aromatic N) is 3. The summed E-state index contributed by atoms with van der Waals surface area (Å²) in [5.74, 6) is 0.724. The van der Waals surface area contributed by atoms with Crippen LogP contribution < -0.4 is 5.32 Å². The van der Waals surface area contributed by atoms with Gasteiger partial charge in [0.2, 0.25) is 6.39 Å². The largest absolute Gasteiger partial charge is 0.343 e. The lowest BCUT2D eigenvalue weighted by Gasteiger charge is -1.99. The second kappa shape index (κ2) is 4.52. The van der Waals surface area contributed by atoms with E-state index in [9.17, 15) is 0 Å². The van der Waals surface area contributed by atoms with Gasteiger partial charge in [0, 0.05) is 31.4 Å². The van der Waals surface area contributed by atoms with Crippen LogP contribution in [0.3, 0.4) is 0 Å². The van der Waals surface area contributed by atoms with Gasteiger partial charge in [0.25, 0.3) is 0 Å². The van der Waals surface area contributed by atoms with Gasteiger partial charge < -0.3 is 9.84 Å². The van der Waals surface area contributed by atoms with Gasteiger partial charge in [0.1, 0.15) is 0 Å². The molecule has 0 unspecified atom stereocenters. The molecule has 0 atom stereocenters. The summed E-state index contributed by atoms with van der Waals surface area (Å²) in [4.78, 5) is 3.91. The Morgan fingerprint density at radius 1 is 1.50 bits per heavy atom. The molecule has 0 aliphatic rings. The second-order valence-electron chi connectivity index (χ2n) is 2.86. The Morgan fingerprint density at radius 2 is 2.50 bits per heavy atom. The maximum absolute atomic E-state index is 4.61. The highest BCUT2D eigenvalue weighted by Crippen LogP contribution is 1.91. The van der Waals surface area contributed by atoms with Crippen molar-refractivity contribution in [3.05, 3.63) is 30.2 Å². The number of nitrogens with one attached hydrogen (secondary N) is 2. The van der Waals surface area contributed by atoms with Crippen LogP contribution in [0.2, 0.25) is 0 Å². The third-order valence-corrected chi connectivity index (χ3v) is 1.81. The fourth-order valence-electron chi connectivity index (χ4n) is 1.11. The smallest absolute Gasteiger partial charge is 0.213 e. The van der Waals surface area contributed by atoms with Crippen LogP contribution in [0.25, 0.3) is 0 Å². The third kappa shape index (κ3) is 2.40. The Kier molecular flexibility index (Phi) is 2.87. The molecule has 2 aromatic rings. The maximum Gasteiger partial charge on any atom is 0.213 e. The van der Waals surface area contributed by atoms with E-state index >= 15 is 0 Å². The lowest BCUT2D eigenvalue weighted by molar-refractivity contribution is 0.409. The molecule has 2 heterocycles. The Morgan fingerprint density at radius 3 is 3.21 bits per heavy atom. The first-order valence-corrected chi connectivity index (χ1v) is 4.39.